The molecule has 0 saturated carbocycles. The lowest BCUT2D eigenvalue weighted by Crippen LogP contribution is -2.33. The Morgan fingerprint density at radius 3 is 2.85 bits per heavy atom. The molecule has 1 atom stereocenters. The summed E-state index contributed by atoms with van der Waals surface area (Å²) in [5.41, 5.74) is 0. The molecule has 112 valence electrons. The monoisotopic (exact) mass is 297 g/mol. The number of hydrogen-bond donors (Lipinski definition) is 1. The number of nitrogens with zero attached hydrogens (tertiary/aromatic N) is 4. The summed E-state index contributed by atoms with van der Waals surface area (Å²) in [5.74, 6) is 3.61. The van der Waals surface area contributed by atoms with E-state index in [1.807, 2.05) is 25.7 Å². The number of thioether (sulfide) groups is 1. The highest BCUT2D eigenvalue weighted by Crippen LogP contribution is 2.25. The number of rotatable bonds is 7. The van der Waals surface area contributed by atoms with Crippen molar-refractivity contribution < 1.29 is 4.74 Å². The normalized spacial score (nSPS) is 18.1. The Morgan fingerprint density at radius 2 is 2.20 bits per heavy atom. The molecule has 1 aliphatic rings. The van der Waals surface area contributed by atoms with E-state index in [0.717, 1.165) is 18.7 Å². The van der Waals surface area contributed by atoms with Crippen LogP contribution in [0.15, 0.2) is 0 Å². The lowest BCUT2D eigenvalue weighted by atomic mass is 10.2. The number of hydrogen-bond acceptors (Lipinski definition) is 7. The van der Waals surface area contributed by atoms with Crippen molar-refractivity contribution >= 4 is 23.7 Å². The fourth-order valence-electron chi connectivity index (χ4n) is 1.99. The van der Waals surface area contributed by atoms with Gasteiger partial charge in [-0.15, -0.1) is 0 Å². The van der Waals surface area contributed by atoms with Crippen molar-refractivity contribution in [2.45, 2.75) is 32.7 Å². The molecule has 2 heterocycles. The molecule has 1 aromatic rings. The summed E-state index contributed by atoms with van der Waals surface area (Å²) >= 11 is 1.98. The van der Waals surface area contributed by atoms with Gasteiger partial charge in [0.1, 0.15) is 0 Å². The van der Waals surface area contributed by atoms with Gasteiger partial charge in [0.25, 0.3) is 0 Å². The summed E-state index contributed by atoms with van der Waals surface area (Å²) in [5, 5.41) is 3.14. The smallest absolute Gasteiger partial charge is 0.323 e. The van der Waals surface area contributed by atoms with Crippen molar-refractivity contribution in [1.29, 1.82) is 0 Å². The van der Waals surface area contributed by atoms with Gasteiger partial charge in [-0.3, -0.25) is 0 Å². The zero-order valence-electron chi connectivity index (χ0n) is 12.4. The molecule has 1 saturated heterocycles. The molecule has 0 aromatic carbocycles. The molecule has 1 aliphatic heterocycles. The molecule has 7 heteroatoms. The molecular formula is C13H23N5OS. The molecule has 0 radical (unpaired) electrons. The first-order valence-electron chi connectivity index (χ1n) is 7.18. The highest BCUT2D eigenvalue weighted by Gasteiger charge is 2.23. The van der Waals surface area contributed by atoms with Gasteiger partial charge in [-0.25, -0.2) is 0 Å². The fraction of sp³-hybridized carbons (Fsp3) is 0.769. The Labute approximate surface area is 124 Å². The van der Waals surface area contributed by atoms with Gasteiger partial charge in [0, 0.05) is 25.4 Å². The average Bonchev–Trinajstić information content (AvgIpc) is 2.98. The lowest BCUT2D eigenvalue weighted by Gasteiger charge is -2.24. The van der Waals surface area contributed by atoms with Crippen molar-refractivity contribution in [2.24, 2.45) is 0 Å². The second kappa shape index (κ2) is 7.52. The SMILES string of the molecule is CCCOc1nc(NCC)nc(N(C)C2CCSC2)n1. The number of anilines is 2. The van der Waals surface area contributed by atoms with Crippen molar-refractivity contribution in [2.75, 3.05) is 41.9 Å². The van der Waals surface area contributed by atoms with Gasteiger partial charge in [-0.05, 0) is 25.5 Å². The topological polar surface area (TPSA) is 63.2 Å². The maximum atomic E-state index is 5.56. The van der Waals surface area contributed by atoms with E-state index in [9.17, 15) is 0 Å². The Balaban J connectivity index is 2.18. The van der Waals surface area contributed by atoms with Crippen LogP contribution in [0.25, 0.3) is 0 Å². The van der Waals surface area contributed by atoms with Crippen LogP contribution in [0.1, 0.15) is 26.7 Å². The summed E-state index contributed by atoms with van der Waals surface area (Å²) in [7, 11) is 2.05. The van der Waals surface area contributed by atoms with Crippen molar-refractivity contribution in [3.8, 4) is 6.01 Å². The van der Waals surface area contributed by atoms with Crippen molar-refractivity contribution in [3.05, 3.63) is 0 Å². The predicted octanol–water partition coefficient (Wildman–Crippen LogP) is 2.03. The van der Waals surface area contributed by atoms with Crippen LogP contribution in [0.2, 0.25) is 0 Å². The Hall–Kier alpha value is -1.24. The first kappa shape index (κ1) is 15.2. The van der Waals surface area contributed by atoms with Gasteiger partial charge < -0.3 is 15.0 Å². The Kier molecular flexibility index (Phi) is 5.70. The molecule has 1 N–H and O–H groups in total. The van der Waals surface area contributed by atoms with Crippen LogP contribution in [-0.4, -0.2) is 52.7 Å². The van der Waals surface area contributed by atoms with E-state index in [1.54, 1.807) is 0 Å². The Bertz CT molecular complexity index is 425. The molecule has 1 aromatic heterocycles. The van der Waals surface area contributed by atoms with E-state index in [2.05, 4.69) is 32.1 Å². The van der Waals surface area contributed by atoms with Gasteiger partial charge >= 0.3 is 6.01 Å². The van der Waals surface area contributed by atoms with E-state index in [-0.39, 0.29) is 0 Å². The van der Waals surface area contributed by atoms with Gasteiger partial charge in [0.15, 0.2) is 0 Å². The fourth-order valence-corrected chi connectivity index (χ4v) is 3.26. The first-order chi connectivity index (χ1) is 9.74. The first-order valence-corrected chi connectivity index (χ1v) is 8.33. The third-order valence-corrected chi connectivity index (χ3v) is 4.29. The van der Waals surface area contributed by atoms with Crippen LogP contribution < -0.4 is 15.0 Å². The molecule has 1 unspecified atom stereocenters. The van der Waals surface area contributed by atoms with Crippen molar-refractivity contribution in [3.63, 3.8) is 0 Å². The van der Waals surface area contributed by atoms with Crippen LogP contribution in [0, 0.1) is 0 Å². The lowest BCUT2D eigenvalue weighted by molar-refractivity contribution is 0.291. The summed E-state index contributed by atoms with van der Waals surface area (Å²) < 4.78 is 5.56. The molecule has 0 amide bonds. The van der Waals surface area contributed by atoms with Crippen LogP contribution in [0.4, 0.5) is 11.9 Å². The summed E-state index contributed by atoms with van der Waals surface area (Å²) in [6.45, 7) is 5.49. The van der Waals surface area contributed by atoms with Crippen LogP contribution in [-0.2, 0) is 0 Å². The standard InChI is InChI=1S/C13H23N5OS/c1-4-7-19-13-16-11(14-5-2)15-12(17-13)18(3)10-6-8-20-9-10/h10H,4-9H2,1-3H3,(H,14,15,16,17). The van der Waals surface area contributed by atoms with Gasteiger partial charge in [-0.2, -0.15) is 26.7 Å². The molecule has 0 bridgehead atoms. The average molecular weight is 297 g/mol. The van der Waals surface area contributed by atoms with Crippen molar-refractivity contribution in [1.82, 2.24) is 15.0 Å². The maximum Gasteiger partial charge on any atom is 0.323 e. The zero-order chi connectivity index (χ0) is 14.4. The minimum atomic E-state index is 0.408. The molecule has 0 spiro atoms. The third-order valence-electron chi connectivity index (χ3n) is 3.14. The number of nitrogens with one attached hydrogen (secondary N) is 1. The van der Waals surface area contributed by atoms with E-state index in [0.29, 0.717) is 30.6 Å². The van der Waals surface area contributed by atoms with E-state index < -0.39 is 0 Å². The third kappa shape index (κ3) is 3.88. The molecule has 0 aliphatic carbocycles. The Morgan fingerprint density at radius 1 is 1.35 bits per heavy atom. The number of ether oxygens (including phenoxy) is 1. The number of aromatic nitrogens is 3. The minimum absolute atomic E-state index is 0.408. The highest BCUT2D eigenvalue weighted by molar-refractivity contribution is 7.99. The molecule has 2 rings (SSSR count). The highest BCUT2D eigenvalue weighted by atomic mass is 32.2. The van der Waals surface area contributed by atoms with Gasteiger partial charge in [0.2, 0.25) is 11.9 Å². The summed E-state index contributed by atoms with van der Waals surface area (Å²) in [4.78, 5) is 15.3. The van der Waals surface area contributed by atoms with Gasteiger partial charge in [-0.1, -0.05) is 6.92 Å². The summed E-state index contributed by atoms with van der Waals surface area (Å²) in [6.07, 6.45) is 2.11. The van der Waals surface area contributed by atoms with E-state index >= 15 is 0 Å². The van der Waals surface area contributed by atoms with E-state index in [1.165, 1.54) is 12.2 Å². The van der Waals surface area contributed by atoms with Crippen LogP contribution >= 0.6 is 11.8 Å². The minimum Gasteiger partial charge on any atom is -0.463 e. The largest absolute Gasteiger partial charge is 0.463 e. The molecule has 1 fully saturated rings. The van der Waals surface area contributed by atoms with Crippen LogP contribution in [0.3, 0.4) is 0 Å². The second-order valence-electron chi connectivity index (χ2n) is 4.75. The quantitative estimate of drug-likeness (QED) is 0.826. The van der Waals surface area contributed by atoms with Crippen LogP contribution in [0.5, 0.6) is 6.01 Å². The molecule has 20 heavy (non-hydrogen) atoms. The van der Waals surface area contributed by atoms with E-state index in [4.69, 9.17) is 4.74 Å². The zero-order valence-corrected chi connectivity index (χ0v) is 13.2. The molecule has 6 nitrogen and oxygen atoms in total. The van der Waals surface area contributed by atoms with Gasteiger partial charge in [0.05, 0.1) is 6.61 Å². The second-order valence-corrected chi connectivity index (χ2v) is 5.90. The molecular weight excluding hydrogens is 274 g/mol. The predicted molar refractivity (Wildman–Crippen MR) is 83.9 cm³/mol. The maximum absolute atomic E-state index is 5.56. The summed E-state index contributed by atoms with van der Waals surface area (Å²) in [6, 6.07) is 0.904.